The van der Waals surface area contributed by atoms with Crippen LogP contribution >= 0.6 is 0 Å². The Balaban J connectivity index is 4.44. The molecule has 0 aromatic heterocycles. The van der Waals surface area contributed by atoms with E-state index in [0.29, 0.717) is 12.0 Å². The van der Waals surface area contributed by atoms with Crippen LogP contribution in [0.5, 0.6) is 0 Å². The average molecular weight is 198 g/mol. The molecule has 0 rings (SSSR count). The Labute approximate surface area is 83.4 Å². The van der Waals surface area contributed by atoms with Crippen molar-refractivity contribution in [2.24, 2.45) is 0 Å². The summed E-state index contributed by atoms with van der Waals surface area (Å²) in [7, 11) is 0. The summed E-state index contributed by atoms with van der Waals surface area (Å²) in [5.41, 5.74) is 0.506. The highest BCUT2D eigenvalue weighted by molar-refractivity contribution is 5.89. The van der Waals surface area contributed by atoms with Crippen LogP contribution in [0.15, 0.2) is 35.7 Å². The third kappa shape index (κ3) is 4.60. The topological polar surface area (TPSA) is 37.3 Å². The Morgan fingerprint density at radius 1 is 1.50 bits per heavy atom. The minimum atomic E-state index is -1.14. The molecule has 0 saturated heterocycles. The Morgan fingerprint density at radius 3 is 2.50 bits per heavy atom. The summed E-state index contributed by atoms with van der Waals surface area (Å²) in [4.78, 5) is 10.3. The predicted molar refractivity (Wildman–Crippen MR) is 54.6 cm³/mol. The summed E-state index contributed by atoms with van der Waals surface area (Å²) in [5, 5.41) is 8.45. The molecule has 14 heavy (non-hydrogen) atoms. The van der Waals surface area contributed by atoms with Crippen LogP contribution in [0.1, 0.15) is 26.7 Å². The Kier molecular flexibility index (Phi) is 5.53. The highest BCUT2D eigenvalue weighted by Gasteiger charge is 2.00. The number of rotatable bonds is 5. The first-order valence-electron chi connectivity index (χ1n) is 4.44. The van der Waals surface area contributed by atoms with Crippen molar-refractivity contribution in [3.63, 3.8) is 0 Å². The van der Waals surface area contributed by atoms with Gasteiger partial charge in [-0.2, -0.15) is 0 Å². The summed E-state index contributed by atoms with van der Waals surface area (Å²) >= 11 is 0. The average Bonchev–Trinajstić information content (AvgIpc) is 2.13. The maximum atomic E-state index is 13.2. The lowest BCUT2D eigenvalue weighted by Crippen LogP contribution is -1.95. The third-order valence-electron chi connectivity index (χ3n) is 1.74. The van der Waals surface area contributed by atoms with Crippen molar-refractivity contribution in [2.45, 2.75) is 26.7 Å². The van der Waals surface area contributed by atoms with E-state index >= 15 is 0 Å². The maximum absolute atomic E-state index is 13.2. The van der Waals surface area contributed by atoms with Crippen LogP contribution in [0.3, 0.4) is 0 Å². The fraction of sp³-hybridized carbons (Fsp3) is 0.364. The van der Waals surface area contributed by atoms with E-state index in [1.807, 2.05) is 6.92 Å². The molecule has 0 aliphatic rings. The van der Waals surface area contributed by atoms with E-state index in [1.165, 1.54) is 0 Å². The van der Waals surface area contributed by atoms with Crippen LogP contribution in [-0.2, 0) is 4.79 Å². The van der Waals surface area contributed by atoms with Crippen molar-refractivity contribution < 1.29 is 14.3 Å². The highest BCUT2D eigenvalue weighted by Crippen LogP contribution is 2.13. The molecule has 0 aromatic carbocycles. The first-order valence-corrected chi connectivity index (χ1v) is 4.44. The number of carboxylic acid groups (broad SMARTS) is 1. The number of allylic oxidation sites excluding steroid dienone is 3. The van der Waals surface area contributed by atoms with Crippen molar-refractivity contribution in [1.29, 1.82) is 0 Å². The largest absolute Gasteiger partial charge is 0.478 e. The van der Waals surface area contributed by atoms with Crippen molar-refractivity contribution in [1.82, 2.24) is 0 Å². The van der Waals surface area contributed by atoms with Crippen LogP contribution in [0, 0.1) is 0 Å². The lowest BCUT2D eigenvalue weighted by Gasteiger charge is -1.97. The van der Waals surface area contributed by atoms with Crippen molar-refractivity contribution in [2.75, 3.05) is 0 Å². The fourth-order valence-corrected chi connectivity index (χ4v) is 0.882. The van der Waals surface area contributed by atoms with Gasteiger partial charge in [-0.05, 0) is 31.1 Å². The normalized spacial score (nSPS) is 12.8. The number of aliphatic carboxylic acids is 1. The molecule has 3 heteroatoms. The van der Waals surface area contributed by atoms with E-state index in [9.17, 15) is 9.18 Å². The second kappa shape index (κ2) is 6.13. The van der Waals surface area contributed by atoms with Crippen LogP contribution in [0.4, 0.5) is 4.39 Å². The van der Waals surface area contributed by atoms with E-state index in [4.69, 9.17) is 5.11 Å². The van der Waals surface area contributed by atoms with Crippen molar-refractivity contribution in [3.8, 4) is 0 Å². The van der Waals surface area contributed by atoms with Gasteiger partial charge in [0.1, 0.15) is 5.83 Å². The molecule has 0 bridgehead atoms. The summed E-state index contributed by atoms with van der Waals surface area (Å²) in [6.45, 7) is 6.90. The molecule has 0 aliphatic carbocycles. The minimum Gasteiger partial charge on any atom is -0.478 e. The van der Waals surface area contributed by atoms with Gasteiger partial charge < -0.3 is 5.11 Å². The quantitative estimate of drug-likeness (QED) is 0.544. The van der Waals surface area contributed by atoms with E-state index in [0.717, 1.165) is 18.6 Å². The van der Waals surface area contributed by atoms with Gasteiger partial charge in [-0.25, -0.2) is 9.18 Å². The zero-order valence-electron chi connectivity index (χ0n) is 8.51. The van der Waals surface area contributed by atoms with Gasteiger partial charge in [0.25, 0.3) is 0 Å². The summed E-state index contributed by atoms with van der Waals surface area (Å²) in [6, 6.07) is 0. The van der Waals surface area contributed by atoms with Gasteiger partial charge in [-0.1, -0.05) is 19.9 Å². The first kappa shape index (κ1) is 12.6. The van der Waals surface area contributed by atoms with Crippen LogP contribution in [0.25, 0.3) is 0 Å². The molecular formula is C11H15FO2. The maximum Gasteiger partial charge on any atom is 0.335 e. The van der Waals surface area contributed by atoms with Crippen LogP contribution < -0.4 is 0 Å². The molecule has 78 valence electrons. The number of carboxylic acids is 1. The molecule has 0 aromatic rings. The van der Waals surface area contributed by atoms with E-state index < -0.39 is 5.97 Å². The molecular weight excluding hydrogens is 183 g/mol. The van der Waals surface area contributed by atoms with Gasteiger partial charge in [-0.15, -0.1) is 0 Å². The molecule has 0 aliphatic heterocycles. The minimum absolute atomic E-state index is 0.121. The standard InChI is InChI=1S/C11H15FO2/c1-4-5-8(2)10(12)7-6-9(3)11(13)14/h6-7H,3-5H2,1-2H3,(H,13,14)/b7-6-,10-8+. The van der Waals surface area contributed by atoms with Gasteiger partial charge in [0, 0.05) is 0 Å². The van der Waals surface area contributed by atoms with Gasteiger partial charge in [0.05, 0.1) is 5.57 Å². The van der Waals surface area contributed by atoms with Gasteiger partial charge >= 0.3 is 5.97 Å². The fourth-order valence-electron chi connectivity index (χ4n) is 0.882. The molecule has 1 N–H and O–H groups in total. The SMILES string of the molecule is C=C(/C=C\C(F)=C(\C)CCC)C(=O)O. The Hall–Kier alpha value is -1.38. The zero-order chi connectivity index (χ0) is 11.1. The second-order valence-electron chi connectivity index (χ2n) is 3.04. The zero-order valence-corrected chi connectivity index (χ0v) is 8.51. The van der Waals surface area contributed by atoms with Gasteiger partial charge in [-0.3, -0.25) is 0 Å². The number of hydrogen-bond donors (Lipinski definition) is 1. The van der Waals surface area contributed by atoms with E-state index in [-0.39, 0.29) is 11.4 Å². The monoisotopic (exact) mass is 198 g/mol. The third-order valence-corrected chi connectivity index (χ3v) is 1.74. The Morgan fingerprint density at radius 2 is 2.07 bits per heavy atom. The van der Waals surface area contributed by atoms with E-state index in [1.54, 1.807) is 6.92 Å². The molecule has 0 heterocycles. The predicted octanol–water partition coefficient (Wildman–Crippen LogP) is 3.23. The summed E-state index contributed by atoms with van der Waals surface area (Å²) in [5.74, 6) is -1.52. The molecule has 2 nitrogen and oxygen atoms in total. The first-order chi connectivity index (χ1) is 6.49. The Bertz CT molecular complexity index is 288. The highest BCUT2D eigenvalue weighted by atomic mass is 19.1. The smallest absolute Gasteiger partial charge is 0.335 e. The molecule has 0 saturated carbocycles. The number of hydrogen-bond acceptors (Lipinski definition) is 1. The molecule has 0 amide bonds. The molecule has 0 atom stereocenters. The second-order valence-corrected chi connectivity index (χ2v) is 3.04. The lowest BCUT2D eigenvalue weighted by atomic mass is 10.1. The molecule has 0 unspecified atom stereocenters. The van der Waals surface area contributed by atoms with E-state index in [2.05, 4.69) is 6.58 Å². The van der Waals surface area contributed by atoms with Crippen molar-refractivity contribution >= 4 is 5.97 Å². The van der Waals surface area contributed by atoms with Gasteiger partial charge in [0.2, 0.25) is 0 Å². The lowest BCUT2D eigenvalue weighted by molar-refractivity contribution is -0.132. The number of halogens is 1. The molecule has 0 spiro atoms. The molecule has 0 fully saturated rings. The van der Waals surface area contributed by atoms with Crippen LogP contribution in [0.2, 0.25) is 0 Å². The summed E-state index contributed by atoms with van der Waals surface area (Å²) < 4.78 is 13.2. The number of carbonyl (C=O) groups is 1. The molecule has 0 radical (unpaired) electrons. The summed E-state index contributed by atoms with van der Waals surface area (Å²) in [6.07, 6.45) is 3.85. The van der Waals surface area contributed by atoms with Gasteiger partial charge in [0.15, 0.2) is 0 Å². The van der Waals surface area contributed by atoms with Crippen molar-refractivity contribution in [3.05, 3.63) is 35.7 Å². The van der Waals surface area contributed by atoms with Crippen LogP contribution in [-0.4, -0.2) is 11.1 Å².